The van der Waals surface area contributed by atoms with Crippen molar-refractivity contribution in [2.24, 2.45) is 5.73 Å². The summed E-state index contributed by atoms with van der Waals surface area (Å²) < 4.78 is 5.15. The van der Waals surface area contributed by atoms with Crippen LogP contribution < -0.4 is 15.8 Å². The number of anilines is 1. The van der Waals surface area contributed by atoms with Crippen molar-refractivity contribution in [1.29, 1.82) is 0 Å². The molecule has 2 aromatic carbocycles. The Kier molecular flexibility index (Phi) is 6.54. The summed E-state index contributed by atoms with van der Waals surface area (Å²) in [6, 6.07) is 15.1. The van der Waals surface area contributed by atoms with Gasteiger partial charge >= 0.3 is 0 Å². The van der Waals surface area contributed by atoms with Gasteiger partial charge in [-0.25, -0.2) is 0 Å². The Morgan fingerprint density at radius 1 is 1.32 bits per heavy atom. The van der Waals surface area contributed by atoms with E-state index in [2.05, 4.69) is 11.9 Å². The summed E-state index contributed by atoms with van der Waals surface area (Å²) in [5.41, 5.74) is 9.68. The van der Waals surface area contributed by atoms with Gasteiger partial charge in [0.1, 0.15) is 5.75 Å². The average molecular weight is 341 g/mol. The number of nitro groups is 1. The highest BCUT2D eigenvalue weighted by Gasteiger charge is 2.09. The average Bonchev–Trinajstić information content (AvgIpc) is 2.61. The molecule has 2 aromatic rings. The number of hydrogen-bond acceptors (Lipinski definition) is 5. The van der Waals surface area contributed by atoms with Gasteiger partial charge < -0.3 is 15.8 Å². The fourth-order valence-corrected chi connectivity index (χ4v) is 2.49. The van der Waals surface area contributed by atoms with E-state index < -0.39 is 0 Å². The van der Waals surface area contributed by atoms with E-state index in [1.54, 1.807) is 7.11 Å². The summed E-state index contributed by atoms with van der Waals surface area (Å²) in [5.74, 6) is 0.791. The van der Waals surface area contributed by atoms with Gasteiger partial charge in [0.15, 0.2) is 0 Å². The lowest BCUT2D eigenvalue weighted by molar-refractivity contribution is -0.480. The highest BCUT2D eigenvalue weighted by molar-refractivity contribution is 5.75. The van der Waals surface area contributed by atoms with Gasteiger partial charge in [-0.3, -0.25) is 10.1 Å². The van der Waals surface area contributed by atoms with Crippen molar-refractivity contribution in [3.63, 3.8) is 0 Å². The molecule has 0 aromatic heterocycles. The topological polar surface area (TPSA) is 90.4 Å². The molecule has 0 bridgehead atoms. The number of nitrogens with one attached hydrogen (secondary N) is 1. The van der Waals surface area contributed by atoms with Crippen molar-refractivity contribution in [1.82, 2.24) is 0 Å². The zero-order chi connectivity index (χ0) is 18.2. The van der Waals surface area contributed by atoms with Gasteiger partial charge in [0.2, 0.25) is 6.54 Å². The number of ether oxygens (including phenoxy) is 1. The molecule has 1 atom stereocenters. The zero-order valence-corrected chi connectivity index (χ0v) is 14.3. The summed E-state index contributed by atoms with van der Waals surface area (Å²) in [6.45, 7) is 4.01. The molecular formula is C19H23N3O3. The predicted octanol–water partition coefficient (Wildman–Crippen LogP) is 3.83. The fraction of sp³-hybridized carbons (Fsp3) is 0.263. The number of benzene rings is 2. The smallest absolute Gasteiger partial charge is 0.203 e. The van der Waals surface area contributed by atoms with Gasteiger partial charge in [-0.05, 0) is 53.9 Å². The molecule has 0 saturated heterocycles. The van der Waals surface area contributed by atoms with Crippen LogP contribution in [0.2, 0.25) is 0 Å². The second-order valence-corrected chi connectivity index (χ2v) is 5.76. The summed E-state index contributed by atoms with van der Waals surface area (Å²) in [6.07, 6.45) is 1.04. The van der Waals surface area contributed by atoms with Crippen LogP contribution in [0.5, 0.6) is 5.75 Å². The Hall–Kier alpha value is -2.86. The Bertz CT molecular complexity index is 729. The number of nitrogens with two attached hydrogens (primary N) is 1. The van der Waals surface area contributed by atoms with Gasteiger partial charge in [0, 0.05) is 28.8 Å². The van der Waals surface area contributed by atoms with Crippen molar-refractivity contribution >= 4 is 11.4 Å². The first-order valence-corrected chi connectivity index (χ1v) is 8.07. The van der Waals surface area contributed by atoms with Gasteiger partial charge in [0.25, 0.3) is 0 Å². The summed E-state index contributed by atoms with van der Waals surface area (Å²) >= 11 is 0. The molecule has 0 saturated carbocycles. The van der Waals surface area contributed by atoms with Gasteiger partial charge in [-0.15, -0.1) is 0 Å². The minimum absolute atomic E-state index is 0.0556. The molecule has 0 spiro atoms. The van der Waals surface area contributed by atoms with Crippen molar-refractivity contribution in [3.05, 3.63) is 76.4 Å². The van der Waals surface area contributed by atoms with Gasteiger partial charge in [0.05, 0.1) is 7.11 Å². The molecular weight excluding hydrogens is 318 g/mol. The molecule has 0 fully saturated rings. The van der Waals surface area contributed by atoms with Gasteiger partial charge in [-0.1, -0.05) is 18.7 Å². The molecule has 1 unspecified atom stereocenters. The van der Waals surface area contributed by atoms with Gasteiger partial charge in [-0.2, -0.15) is 0 Å². The second kappa shape index (κ2) is 8.84. The normalized spacial score (nSPS) is 11.6. The minimum atomic E-state index is -0.316. The summed E-state index contributed by atoms with van der Waals surface area (Å²) in [5, 5.41) is 13.7. The minimum Gasteiger partial charge on any atom is -0.497 e. The standard InChI is InChI=1S/C19H23N3O3/c1-14(15-8-10-18(25-2)11-9-15)21-17-6-3-5-16(13-17)19(20)7-4-12-22(23)24/h3,5-6,8-11,13,19,21H,1,4,7,12,20H2,2H3. The van der Waals surface area contributed by atoms with Crippen molar-refractivity contribution in [2.75, 3.05) is 19.0 Å². The molecule has 132 valence electrons. The van der Waals surface area contributed by atoms with E-state index in [1.165, 1.54) is 0 Å². The van der Waals surface area contributed by atoms with Crippen LogP contribution >= 0.6 is 0 Å². The highest BCUT2D eigenvalue weighted by Crippen LogP contribution is 2.23. The molecule has 6 nitrogen and oxygen atoms in total. The molecule has 0 aliphatic heterocycles. The van der Waals surface area contributed by atoms with Crippen LogP contribution in [0.3, 0.4) is 0 Å². The number of nitrogens with zero attached hydrogens (tertiary/aromatic N) is 1. The molecule has 0 amide bonds. The molecule has 0 aliphatic carbocycles. The maximum absolute atomic E-state index is 10.4. The third-order valence-electron chi connectivity index (χ3n) is 3.90. The lowest BCUT2D eigenvalue weighted by Crippen LogP contribution is -2.12. The third kappa shape index (κ3) is 5.61. The van der Waals surface area contributed by atoms with E-state index in [0.717, 1.165) is 28.3 Å². The first kappa shape index (κ1) is 18.5. The second-order valence-electron chi connectivity index (χ2n) is 5.76. The van der Waals surface area contributed by atoms with Crippen LogP contribution in [0, 0.1) is 10.1 Å². The Labute approximate surface area is 147 Å². The van der Waals surface area contributed by atoms with Crippen LogP contribution in [0.1, 0.15) is 30.0 Å². The largest absolute Gasteiger partial charge is 0.497 e. The number of methoxy groups -OCH3 is 1. The van der Waals surface area contributed by atoms with E-state index in [4.69, 9.17) is 10.5 Å². The molecule has 2 rings (SSSR count). The molecule has 0 radical (unpaired) electrons. The van der Waals surface area contributed by atoms with Crippen molar-refractivity contribution < 1.29 is 9.66 Å². The van der Waals surface area contributed by atoms with Crippen LogP contribution in [0.25, 0.3) is 5.70 Å². The first-order chi connectivity index (χ1) is 12.0. The predicted molar refractivity (Wildman–Crippen MR) is 100 cm³/mol. The Morgan fingerprint density at radius 2 is 2.04 bits per heavy atom. The SMILES string of the molecule is C=C(Nc1cccc(C(N)CCC[N+](=O)[O-])c1)c1ccc(OC)cc1. The summed E-state index contributed by atoms with van der Waals surface area (Å²) in [4.78, 5) is 10.1. The van der Waals surface area contributed by atoms with E-state index in [9.17, 15) is 10.1 Å². The molecule has 3 N–H and O–H groups in total. The van der Waals surface area contributed by atoms with E-state index in [1.807, 2.05) is 48.5 Å². The van der Waals surface area contributed by atoms with Crippen LogP contribution in [-0.4, -0.2) is 18.6 Å². The quantitative estimate of drug-likeness (QED) is 0.534. The number of hydrogen-bond donors (Lipinski definition) is 2. The Morgan fingerprint density at radius 3 is 2.68 bits per heavy atom. The third-order valence-corrected chi connectivity index (χ3v) is 3.90. The van der Waals surface area contributed by atoms with E-state index in [0.29, 0.717) is 12.8 Å². The zero-order valence-electron chi connectivity index (χ0n) is 14.3. The number of rotatable bonds is 9. The summed E-state index contributed by atoms with van der Waals surface area (Å²) in [7, 11) is 1.63. The molecule has 0 heterocycles. The molecule has 6 heteroatoms. The van der Waals surface area contributed by atoms with Crippen molar-refractivity contribution in [3.8, 4) is 5.75 Å². The Balaban J connectivity index is 2.00. The molecule has 0 aliphatic rings. The van der Waals surface area contributed by atoms with E-state index >= 15 is 0 Å². The lowest BCUT2D eigenvalue weighted by atomic mass is 10.0. The highest BCUT2D eigenvalue weighted by atomic mass is 16.6. The first-order valence-electron chi connectivity index (χ1n) is 8.07. The van der Waals surface area contributed by atoms with Crippen molar-refractivity contribution in [2.45, 2.75) is 18.9 Å². The maximum Gasteiger partial charge on any atom is 0.203 e. The monoisotopic (exact) mass is 341 g/mol. The van der Waals surface area contributed by atoms with Crippen LogP contribution in [0.15, 0.2) is 55.1 Å². The van der Waals surface area contributed by atoms with Crippen LogP contribution in [0.4, 0.5) is 5.69 Å². The van der Waals surface area contributed by atoms with Crippen LogP contribution in [-0.2, 0) is 0 Å². The maximum atomic E-state index is 10.4. The van der Waals surface area contributed by atoms with E-state index in [-0.39, 0.29) is 17.5 Å². The molecule has 25 heavy (non-hydrogen) atoms. The lowest BCUT2D eigenvalue weighted by Gasteiger charge is -2.15. The fourth-order valence-electron chi connectivity index (χ4n) is 2.49.